The second kappa shape index (κ2) is 12.9. The summed E-state index contributed by atoms with van der Waals surface area (Å²) < 4.78 is 29.9. The molecule has 2 heterocycles. The number of carbonyl (C=O) groups excluding carboxylic acids is 2. The zero-order valence-corrected chi connectivity index (χ0v) is 24.2. The monoisotopic (exact) mass is 587 g/mol. The molecule has 1 unspecified atom stereocenters. The number of rotatable bonds is 10. The van der Waals surface area contributed by atoms with Gasteiger partial charge >= 0.3 is 5.97 Å². The highest BCUT2D eigenvalue weighted by molar-refractivity contribution is 8.16. The molecule has 0 radical (unpaired) electrons. The van der Waals surface area contributed by atoms with Crippen LogP contribution in [-0.4, -0.2) is 42.8 Å². The highest BCUT2D eigenvalue weighted by Gasteiger charge is 2.42. The second-order valence-corrected chi connectivity index (χ2v) is 10.3. The Morgan fingerprint density at radius 2 is 1.74 bits per heavy atom. The van der Waals surface area contributed by atoms with Crippen LogP contribution < -0.4 is 14.8 Å². The summed E-state index contributed by atoms with van der Waals surface area (Å²) >= 11 is 1.38. The molecular weight excluding hydrogens is 557 g/mol. The minimum absolute atomic E-state index is 0.0355. The quantitative estimate of drug-likeness (QED) is 0.299. The van der Waals surface area contributed by atoms with Crippen LogP contribution in [0.1, 0.15) is 36.1 Å². The van der Waals surface area contributed by atoms with Gasteiger partial charge in [0.15, 0.2) is 16.7 Å². The number of nitrogens with zero attached hydrogens (tertiary/aromatic N) is 2. The lowest BCUT2D eigenvalue weighted by Crippen LogP contribution is -2.38. The summed E-state index contributed by atoms with van der Waals surface area (Å²) in [6, 6.07) is 20.3. The molecule has 2 aliphatic heterocycles. The summed E-state index contributed by atoms with van der Waals surface area (Å²) in [5.41, 5.74) is 3.80. The molecule has 3 aromatic rings. The number of esters is 1. The van der Waals surface area contributed by atoms with Gasteiger partial charge in [0, 0.05) is 17.8 Å². The molecule has 0 spiro atoms. The number of methoxy groups -OCH3 is 2. The molecule has 1 atom stereocenters. The van der Waals surface area contributed by atoms with Gasteiger partial charge in [-0.05, 0) is 47.7 Å². The molecule has 0 saturated carbocycles. The van der Waals surface area contributed by atoms with Gasteiger partial charge in [0.25, 0.3) is 0 Å². The first-order chi connectivity index (χ1) is 20.4. The number of nitrogens with one attached hydrogen (secondary N) is 1. The van der Waals surface area contributed by atoms with Gasteiger partial charge in [-0.15, -0.1) is 0 Å². The molecule has 216 valence electrons. The standard InChI is InChI=1S/C32H30FN3O5S/c1-4-41-31(38)28-29(21-8-6-5-7-9-21)35-32-36(30(28)22-12-15-25(39-2)26(16-22)40-3)24(19-42-32)17-27(37)34-18-20-10-13-23(33)14-11-20/h5-16,19,30H,4,17-18H2,1-3H3,(H,34,37). The number of amides is 1. The Labute approximate surface area is 247 Å². The second-order valence-electron chi connectivity index (χ2n) is 9.44. The maximum atomic E-state index is 13.7. The lowest BCUT2D eigenvalue weighted by atomic mass is 9.91. The number of benzene rings is 3. The minimum Gasteiger partial charge on any atom is -0.493 e. The first-order valence-electron chi connectivity index (χ1n) is 13.4. The molecule has 0 aliphatic carbocycles. The van der Waals surface area contributed by atoms with E-state index in [0.29, 0.717) is 33.6 Å². The van der Waals surface area contributed by atoms with Crippen molar-refractivity contribution in [2.24, 2.45) is 4.99 Å². The summed E-state index contributed by atoms with van der Waals surface area (Å²) in [6.07, 6.45) is 0.0355. The number of fused-ring (bicyclic) bond motifs is 1. The van der Waals surface area contributed by atoms with Crippen LogP contribution in [0.3, 0.4) is 0 Å². The zero-order valence-electron chi connectivity index (χ0n) is 23.4. The lowest BCUT2D eigenvalue weighted by Gasteiger charge is -2.37. The van der Waals surface area contributed by atoms with E-state index in [9.17, 15) is 14.0 Å². The number of ether oxygens (including phenoxy) is 3. The maximum absolute atomic E-state index is 13.7. The fourth-order valence-electron chi connectivity index (χ4n) is 4.86. The largest absolute Gasteiger partial charge is 0.493 e. The van der Waals surface area contributed by atoms with E-state index in [2.05, 4.69) is 5.32 Å². The predicted octanol–water partition coefficient (Wildman–Crippen LogP) is 5.82. The number of hydrogen-bond donors (Lipinski definition) is 1. The molecule has 42 heavy (non-hydrogen) atoms. The summed E-state index contributed by atoms with van der Waals surface area (Å²) in [4.78, 5) is 33.6. The number of carbonyl (C=O) groups is 2. The van der Waals surface area contributed by atoms with Crippen LogP contribution >= 0.6 is 11.8 Å². The molecule has 0 fully saturated rings. The van der Waals surface area contributed by atoms with Gasteiger partial charge < -0.3 is 24.4 Å². The van der Waals surface area contributed by atoms with Crippen molar-refractivity contribution in [1.82, 2.24) is 10.2 Å². The number of amidine groups is 1. The van der Waals surface area contributed by atoms with Crippen LogP contribution in [0.5, 0.6) is 11.5 Å². The summed E-state index contributed by atoms with van der Waals surface area (Å²) in [5.74, 6) is -0.0257. The van der Waals surface area contributed by atoms with Crippen molar-refractivity contribution >= 4 is 34.5 Å². The Hall–Kier alpha value is -4.57. The van der Waals surface area contributed by atoms with Crippen molar-refractivity contribution in [2.75, 3.05) is 20.8 Å². The van der Waals surface area contributed by atoms with Crippen LogP contribution in [0, 0.1) is 5.82 Å². The molecule has 0 aromatic heterocycles. The van der Waals surface area contributed by atoms with Crippen LogP contribution in [0.4, 0.5) is 4.39 Å². The van der Waals surface area contributed by atoms with Crippen LogP contribution in [-0.2, 0) is 20.9 Å². The first kappa shape index (κ1) is 28.9. The van der Waals surface area contributed by atoms with Gasteiger partial charge in [-0.2, -0.15) is 0 Å². The Morgan fingerprint density at radius 3 is 2.43 bits per heavy atom. The molecular formula is C32H30FN3O5S. The van der Waals surface area contributed by atoms with E-state index in [0.717, 1.165) is 16.7 Å². The van der Waals surface area contributed by atoms with Gasteiger partial charge in [0.05, 0.1) is 44.6 Å². The van der Waals surface area contributed by atoms with Crippen molar-refractivity contribution in [3.8, 4) is 11.5 Å². The highest BCUT2D eigenvalue weighted by Crippen LogP contribution is 2.48. The van der Waals surface area contributed by atoms with E-state index in [1.54, 1.807) is 39.3 Å². The maximum Gasteiger partial charge on any atom is 0.338 e. The van der Waals surface area contributed by atoms with E-state index in [1.807, 2.05) is 52.8 Å². The smallest absolute Gasteiger partial charge is 0.338 e. The summed E-state index contributed by atoms with van der Waals surface area (Å²) in [5, 5.41) is 5.40. The average molecular weight is 588 g/mol. The van der Waals surface area contributed by atoms with Gasteiger partial charge in [-0.25, -0.2) is 14.2 Å². The van der Waals surface area contributed by atoms with E-state index in [-0.39, 0.29) is 31.3 Å². The molecule has 0 bridgehead atoms. The molecule has 5 rings (SSSR count). The topological polar surface area (TPSA) is 89.5 Å². The summed E-state index contributed by atoms with van der Waals surface area (Å²) in [7, 11) is 3.11. The normalized spacial score (nSPS) is 15.9. The van der Waals surface area contributed by atoms with E-state index in [4.69, 9.17) is 19.2 Å². The van der Waals surface area contributed by atoms with E-state index >= 15 is 0 Å². The molecule has 3 aromatic carbocycles. The van der Waals surface area contributed by atoms with Gasteiger partial charge in [-0.3, -0.25) is 4.79 Å². The van der Waals surface area contributed by atoms with Crippen molar-refractivity contribution in [1.29, 1.82) is 0 Å². The van der Waals surface area contributed by atoms with Crippen molar-refractivity contribution in [2.45, 2.75) is 25.9 Å². The Morgan fingerprint density at radius 1 is 1.00 bits per heavy atom. The first-order valence-corrected chi connectivity index (χ1v) is 14.2. The van der Waals surface area contributed by atoms with Gasteiger partial charge in [0.1, 0.15) is 5.82 Å². The van der Waals surface area contributed by atoms with E-state index in [1.165, 1.54) is 23.9 Å². The van der Waals surface area contributed by atoms with Crippen LogP contribution in [0.25, 0.3) is 5.70 Å². The van der Waals surface area contributed by atoms with Crippen LogP contribution in [0.2, 0.25) is 0 Å². The van der Waals surface area contributed by atoms with Gasteiger partial charge in [0.2, 0.25) is 5.91 Å². The van der Waals surface area contributed by atoms with Crippen molar-refractivity contribution < 1.29 is 28.2 Å². The average Bonchev–Trinajstić information content (AvgIpc) is 3.42. The SMILES string of the molecule is CCOC(=O)C1=C(c2ccccc2)N=C2SC=C(CC(=O)NCc3ccc(F)cc3)N2C1c1ccc(OC)c(OC)c1. The molecule has 0 saturated heterocycles. The van der Waals surface area contributed by atoms with E-state index < -0.39 is 12.0 Å². The third-order valence-electron chi connectivity index (χ3n) is 6.82. The van der Waals surface area contributed by atoms with Crippen molar-refractivity contribution in [3.63, 3.8) is 0 Å². The highest BCUT2D eigenvalue weighted by atomic mass is 32.2. The Balaban J connectivity index is 1.55. The Kier molecular flexibility index (Phi) is 8.92. The number of hydrogen-bond acceptors (Lipinski definition) is 8. The molecule has 8 nitrogen and oxygen atoms in total. The zero-order chi connectivity index (χ0) is 29.6. The third-order valence-corrected chi connectivity index (χ3v) is 7.71. The predicted molar refractivity (Wildman–Crippen MR) is 160 cm³/mol. The number of thioether (sulfide) groups is 1. The minimum atomic E-state index is -0.669. The number of halogens is 1. The van der Waals surface area contributed by atoms with Crippen LogP contribution in [0.15, 0.2) is 94.5 Å². The molecule has 2 aliphatic rings. The molecule has 1 N–H and O–H groups in total. The van der Waals surface area contributed by atoms with Crippen molar-refractivity contribution in [3.05, 3.63) is 112 Å². The fourth-order valence-corrected chi connectivity index (χ4v) is 5.78. The number of aliphatic imine (C=N–C) groups is 1. The summed E-state index contributed by atoms with van der Waals surface area (Å²) in [6.45, 7) is 2.20. The lowest BCUT2D eigenvalue weighted by molar-refractivity contribution is -0.139. The fraction of sp³-hybridized carbons (Fsp3) is 0.219. The third kappa shape index (κ3) is 6.03. The molecule has 1 amide bonds. The molecule has 10 heteroatoms. The Bertz CT molecular complexity index is 1570. The van der Waals surface area contributed by atoms with Gasteiger partial charge in [-0.1, -0.05) is 60.3 Å².